The van der Waals surface area contributed by atoms with Crippen molar-refractivity contribution in [3.8, 4) is 5.75 Å². The Balaban J connectivity index is 1.47. The highest BCUT2D eigenvalue weighted by molar-refractivity contribution is 7.89. The smallest absolute Gasteiger partial charge is 0.343 e. The lowest BCUT2D eigenvalue weighted by molar-refractivity contribution is 0.0734. The van der Waals surface area contributed by atoms with E-state index in [0.717, 1.165) is 5.69 Å². The van der Waals surface area contributed by atoms with E-state index in [9.17, 15) is 13.2 Å². The fourth-order valence-corrected chi connectivity index (χ4v) is 4.88. The number of hydrogen-bond acceptors (Lipinski definition) is 5. The number of nitrogens with zero attached hydrogens (tertiary/aromatic N) is 2. The number of para-hydroxylation sites is 2. The number of anilines is 1. The summed E-state index contributed by atoms with van der Waals surface area (Å²) in [5.41, 5.74) is 1.28. The van der Waals surface area contributed by atoms with Crippen molar-refractivity contribution >= 4 is 21.7 Å². The SMILES string of the molecule is O=C(Oc1ccccc1)c1cccc(S(=O)(=O)N2CCN(c3ccccc3)CC2)c1. The third kappa shape index (κ3) is 4.37. The van der Waals surface area contributed by atoms with Gasteiger partial charge in [-0.2, -0.15) is 4.31 Å². The van der Waals surface area contributed by atoms with Crippen molar-refractivity contribution in [1.82, 2.24) is 4.31 Å². The molecule has 0 unspecified atom stereocenters. The van der Waals surface area contributed by atoms with Crippen LogP contribution in [0.1, 0.15) is 10.4 Å². The Morgan fingerprint density at radius 3 is 2.07 bits per heavy atom. The lowest BCUT2D eigenvalue weighted by Gasteiger charge is -2.35. The van der Waals surface area contributed by atoms with Gasteiger partial charge in [0.2, 0.25) is 10.0 Å². The van der Waals surface area contributed by atoms with Crippen molar-refractivity contribution in [2.24, 2.45) is 0 Å². The molecular formula is C23H22N2O4S. The average molecular weight is 423 g/mol. The molecule has 0 aliphatic carbocycles. The fraction of sp³-hybridized carbons (Fsp3) is 0.174. The number of carbonyl (C=O) groups is 1. The number of carbonyl (C=O) groups excluding carboxylic acids is 1. The summed E-state index contributed by atoms with van der Waals surface area (Å²) in [4.78, 5) is 14.7. The zero-order chi connectivity index (χ0) is 21.0. The normalized spacial score (nSPS) is 15.0. The summed E-state index contributed by atoms with van der Waals surface area (Å²) in [6.45, 7) is 1.99. The topological polar surface area (TPSA) is 66.9 Å². The molecule has 1 fully saturated rings. The lowest BCUT2D eigenvalue weighted by Crippen LogP contribution is -2.48. The minimum atomic E-state index is -3.70. The van der Waals surface area contributed by atoms with Crippen LogP contribution in [0.15, 0.2) is 89.8 Å². The van der Waals surface area contributed by atoms with E-state index >= 15 is 0 Å². The summed E-state index contributed by atoms with van der Waals surface area (Å²) in [5, 5.41) is 0. The van der Waals surface area contributed by atoms with Gasteiger partial charge in [-0.05, 0) is 42.5 Å². The zero-order valence-electron chi connectivity index (χ0n) is 16.3. The second kappa shape index (κ2) is 8.69. The number of benzene rings is 3. The van der Waals surface area contributed by atoms with E-state index in [0.29, 0.717) is 31.9 Å². The quantitative estimate of drug-likeness (QED) is 0.466. The fourth-order valence-electron chi connectivity index (χ4n) is 3.41. The van der Waals surface area contributed by atoms with Crippen LogP contribution in [-0.4, -0.2) is 44.9 Å². The molecule has 0 atom stereocenters. The van der Waals surface area contributed by atoms with Crippen molar-refractivity contribution in [3.63, 3.8) is 0 Å². The highest BCUT2D eigenvalue weighted by atomic mass is 32.2. The molecule has 30 heavy (non-hydrogen) atoms. The first-order valence-electron chi connectivity index (χ1n) is 9.71. The molecule has 0 amide bonds. The molecule has 3 aromatic rings. The molecule has 1 saturated heterocycles. The molecule has 0 N–H and O–H groups in total. The first-order chi connectivity index (χ1) is 14.5. The third-order valence-electron chi connectivity index (χ3n) is 5.02. The van der Waals surface area contributed by atoms with Crippen LogP contribution in [0, 0.1) is 0 Å². The maximum atomic E-state index is 13.1. The van der Waals surface area contributed by atoms with Gasteiger partial charge in [-0.15, -0.1) is 0 Å². The Morgan fingerprint density at radius 2 is 1.40 bits per heavy atom. The van der Waals surface area contributed by atoms with Crippen LogP contribution in [0.5, 0.6) is 5.75 Å². The molecule has 1 aliphatic heterocycles. The van der Waals surface area contributed by atoms with E-state index in [2.05, 4.69) is 4.90 Å². The van der Waals surface area contributed by atoms with Crippen LogP contribution in [-0.2, 0) is 10.0 Å². The summed E-state index contributed by atoms with van der Waals surface area (Å²) in [5.74, 6) is -0.181. The number of ether oxygens (including phenoxy) is 1. The molecule has 3 aromatic carbocycles. The maximum Gasteiger partial charge on any atom is 0.343 e. The van der Waals surface area contributed by atoms with Crippen molar-refractivity contribution in [3.05, 3.63) is 90.5 Å². The van der Waals surface area contributed by atoms with Crippen molar-refractivity contribution in [2.75, 3.05) is 31.1 Å². The highest BCUT2D eigenvalue weighted by Gasteiger charge is 2.29. The van der Waals surface area contributed by atoms with Gasteiger partial charge in [-0.1, -0.05) is 42.5 Å². The first-order valence-corrected chi connectivity index (χ1v) is 11.2. The minimum absolute atomic E-state index is 0.0955. The number of rotatable bonds is 5. The Kier molecular flexibility index (Phi) is 5.83. The van der Waals surface area contributed by atoms with Crippen LogP contribution >= 0.6 is 0 Å². The van der Waals surface area contributed by atoms with Crippen LogP contribution in [0.2, 0.25) is 0 Å². The Hall–Kier alpha value is -3.16. The molecule has 0 radical (unpaired) electrons. The van der Waals surface area contributed by atoms with E-state index in [-0.39, 0.29) is 10.5 Å². The van der Waals surface area contributed by atoms with Gasteiger partial charge in [-0.25, -0.2) is 13.2 Å². The predicted octanol–water partition coefficient (Wildman–Crippen LogP) is 3.42. The molecule has 1 heterocycles. The first kappa shape index (κ1) is 20.1. The van der Waals surface area contributed by atoms with E-state index in [1.165, 1.54) is 16.4 Å². The predicted molar refractivity (Wildman–Crippen MR) is 115 cm³/mol. The van der Waals surface area contributed by atoms with E-state index in [1.54, 1.807) is 36.4 Å². The van der Waals surface area contributed by atoms with Crippen LogP contribution in [0.3, 0.4) is 0 Å². The highest BCUT2D eigenvalue weighted by Crippen LogP contribution is 2.22. The molecule has 0 spiro atoms. The summed E-state index contributed by atoms with van der Waals surface area (Å²) in [6.07, 6.45) is 0. The second-order valence-corrected chi connectivity index (χ2v) is 8.90. The van der Waals surface area contributed by atoms with Gasteiger partial charge < -0.3 is 9.64 Å². The lowest BCUT2D eigenvalue weighted by atomic mass is 10.2. The van der Waals surface area contributed by atoms with Gasteiger partial charge in [0, 0.05) is 31.9 Å². The summed E-state index contributed by atoms with van der Waals surface area (Å²) in [6, 6.07) is 24.6. The molecule has 0 saturated carbocycles. The van der Waals surface area contributed by atoms with Gasteiger partial charge in [0.25, 0.3) is 0 Å². The Morgan fingerprint density at radius 1 is 0.767 bits per heavy atom. The van der Waals surface area contributed by atoms with E-state index < -0.39 is 16.0 Å². The molecule has 4 rings (SSSR count). The summed E-state index contributed by atoms with van der Waals surface area (Å²) in [7, 11) is -3.70. The third-order valence-corrected chi connectivity index (χ3v) is 6.92. The summed E-state index contributed by atoms with van der Waals surface area (Å²) >= 11 is 0. The van der Waals surface area contributed by atoms with Gasteiger partial charge in [-0.3, -0.25) is 0 Å². The molecular weight excluding hydrogens is 400 g/mol. The van der Waals surface area contributed by atoms with Gasteiger partial charge in [0.15, 0.2) is 0 Å². The second-order valence-electron chi connectivity index (χ2n) is 6.96. The Bertz CT molecular complexity index is 1110. The molecule has 154 valence electrons. The largest absolute Gasteiger partial charge is 0.423 e. The van der Waals surface area contributed by atoms with Crippen molar-refractivity contribution < 1.29 is 17.9 Å². The minimum Gasteiger partial charge on any atom is -0.423 e. The number of piperazine rings is 1. The monoisotopic (exact) mass is 422 g/mol. The maximum absolute atomic E-state index is 13.1. The zero-order valence-corrected chi connectivity index (χ0v) is 17.2. The van der Waals surface area contributed by atoms with Crippen LogP contribution in [0.25, 0.3) is 0 Å². The van der Waals surface area contributed by atoms with Crippen LogP contribution < -0.4 is 9.64 Å². The molecule has 6 nitrogen and oxygen atoms in total. The van der Waals surface area contributed by atoms with Crippen LogP contribution in [0.4, 0.5) is 5.69 Å². The van der Waals surface area contributed by atoms with Gasteiger partial charge in [0.1, 0.15) is 5.75 Å². The standard InChI is InChI=1S/C23H22N2O4S/c26-23(29-21-11-5-2-6-12-21)19-8-7-13-22(18-19)30(27,28)25-16-14-24(15-17-25)20-9-3-1-4-10-20/h1-13,18H,14-17H2. The average Bonchev–Trinajstić information content (AvgIpc) is 2.80. The van der Waals surface area contributed by atoms with Gasteiger partial charge in [0.05, 0.1) is 10.5 Å². The van der Waals surface area contributed by atoms with E-state index in [1.807, 2.05) is 36.4 Å². The molecule has 0 aromatic heterocycles. The molecule has 0 bridgehead atoms. The van der Waals surface area contributed by atoms with Crippen molar-refractivity contribution in [2.45, 2.75) is 4.90 Å². The number of sulfonamides is 1. The molecule has 7 heteroatoms. The van der Waals surface area contributed by atoms with Gasteiger partial charge >= 0.3 is 5.97 Å². The summed E-state index contributed by atoms with van der Waals surface area (Å²) < 4.78 is 33.0. The number of esters is 1. The number of hydrogen-bond donors (Lipinski definition) is 0. The van der Waals surface area contributed by atoms with Crippen molar-refractivity contribution in [1.29, 1.82) is 0 Å². The van der Waals surface area contributed by atoms with E-state index in [4.69, 9.17) is 4.74 Å². The Labute approximate surface area is 176 Å². The molecule has 1 aliphatic rings.